The molecule has 2 N–H and O–H groups in total. The molecule has 3 aliphatic rings. The summed E-state index contributed by atoms with van der Waals surface area (Å²) < 4.78 is 10.1. The van der Waals surface area contributed by atoms with E-state index in [1.54, 1.807) is 7.11 Å². The Morgan fingerprint density at radius 2 is 2.03 bits per heavy atom. The molecule has 3 atom stereocenters. The van der Waals surface area contributed by atoms with Crippen LogP contribution in [0.1, 0.15) is 41.6 Å². The Balaban J connectivity index is 1.36. The molecule has 2 saturated carbocycles. The minimum Gasteiger partial charge on any atom is -0.494 e. The van der Waals surface area contributed by atoms with Gasteiger partial charge in [-0.1, -0.05) is 6.07 Å². The average Bonchev–Trinajstić information content (AvgIpc) is 3.32. The number of aryl methyl sites for hydroxylation is 1. The highest BCUT2D eigenvalue weighted by atomic mass is 16.5. The molecule has 1 unspecified atom stereocenters. The number of hydrogen-bond acceptors (Lipinski definition) is 5. The van der Waals surface area contributed by atoms with E-state index >= 15 is 0 Å². The zero-order valence-electron chi connectivity index (χ0n) is 21.1. The highest BCUT2D eigenvalue weighted by Crippen LogP contribution is 2.40. The number of carbonyl (C=O) groups excluding carboxylic acids is 1. The van der Waals surface area contributed by atoms with Crippen LogP contribution in [-0.2, 0) is 13.6 Å². The summed E-state index contributed by atoms with van der Waals surface area (Å²) in [6.45, 7) is 1.63. The first-order valence-electron chi connectivity index (χ1n) is 13.1. The summed E-state index contributed by atoms with van der Waals surface area (Å²) in [4.78, 5) is 20.6. The lowest BCUT2D eigenvalue weighted by atomic mass is 10.1. The number of fused-ring (bicyclic) bond motifs is 4. The second-order valence-electron chi connectivity index (χ2n) is 10.9. The van der Waals surface area contributed by atoms with Crippen LogP contribution in [0, 0.1) is 23.2 Å². The molecule has 2 bridgehead atoms. The number of rotatable bonds is 5. The standard InChI is InChI=1S/C29H30N6O2/c1-33-27-21(10-20(12-25(27)37-2)29(36)35-15-19-7-8-22(35)26(19)31)32-28(33)24-11-18-6-5-17(13-30)9-23(18)34(24)14-16-3-4-16/h5-6,9-12,16,19,22,26H,3-4,7-8,14-15,31H2,1-2H3/t19-,22?,26-/m1/s1. The van der Waals surface area contributed by atoms with E-state index in [0.29, 0.717) is 28.7 Å². The zero-order valence-corrected chi connectivity index (χ0v) is 21.1. The van der Waals surface area contributed by atoms with E-state index in [1.165, 1.54) is 12.8 Å². The monoisotopic (exact) mass is 494 g/mol. The van der Waals surface area contributed by atoms with Crippen molar-refractivity contribution < 1.29 is 9.53 Å². The van der Waals surface area contributed by atoms with Crippen molar-refractivity contribution in [2.75, 3.05) is 13.7 Å². The van der Waals surface area contributed by atoms with Crippen molar-refractivity contribution in [2.24, 2.45) is 24.6 Å². The number of carbonyl (C=O) groups is 1. The fraction of sp³-hybridized carbons (Fsp3) is 0.414. The van der Waals surface area contributed by atoms with Crippen LogP contribution in [0.4, 0.5) is 0 Å². The lowest BCUT2D eigenvalue weighted by Crippen LogP contribution is -2.41. The molecule has 2 aromatic heterocycles. The van der Waals surface area contributed by atoms with E-state index in [-0.39, 0.29) is 18.0 Å². The summed E-state index contributed by atoms with van der Waals surface area (Å²) in [7, 11) is 3.63. The van der Waals surface area contributed by atoms with Crippen molar-refractivity contribution in [2.45, 2.75) is 44.3 Å². The maximum atomic E-state index is 13.6. The van der Waals surface area contributed by atoms with Gasteiger partial charge in [0.25, 0.3) is 5.91 Å². The molecule has 4 aromatic rings. The summed E-state index contributed by atoms with van der Waals surface area (Å²) in [5.41, 5.74) is 11.3. The second-order valence-corrected chi connectivity index (χ2v) is 10.9. The predicted octanol–water partition coefficient (Wildman–Crippen LogP) is 4.05. The van der Waals surface area contributed by atoms with E-state index in [0.717, 1.165) is 59.4 Å². The molecule has 3 heterocycles. The van der Waals surface area contributed by atoms with Gasteiger partial charge in [0.2, 0.25) is 0 Å². The Kier molecular flexibility index (Phi) is 4.89. The number of nitrogens with two attached hydrogens (primary N) is 1. The van der Waals surface area contributed by atoms with Crippen LogP contribution >= 0.6 is 0 Å². The van der Waals surface area contributed by atoms with Crippen molar-refractivity contribution in [3.63, 3.8) is 0 Å². The quantitative estimate of drug-likeness (QED) is 0.451. The number of methoxy groups -OCH3 is 1. The molecule has 37 heavy (non-hydrogen) atoms. The van der Waals surface area contributed by atoms with Crippen LogP contribution in [0.5, 0.6) is 5.75 Å². The molecular weight excluding hydrogens is 464 g/mol. The van der Waals surface area contributed by atoms with Crippen LogP contribution in [0.2, 0.25) is 0 Å². The molecular formula is C29H30N6O2. The minimum atomic E-state index is 0.00179. The number of ether oxygens (including phenoxy) is 1. The van der Waals surface area contributed by atoms with Gasteiger partial charge in [-0.3, -0.25) is 4.79 Å². The number of aromatic nitrogens is 3. The Bertz CT molecular complexity index is 1620. The van der Waals surface area contributed by atoms with Crippen molar-refractivity contribution >= 4 is 27.8 Å². The number of amides is 1. The highest BCUT2D eigenvalue weighted by Gasteiger charge is 2.47. The molecule has 8 heteroatoms. The number of nitrogens with zero attached hydrogens (tertiary/aromatic N) is 5. The number of likely N-dealkylation sites (tertiary alicyclic amines) is 1. The molecule has 7 rings (SSSR count). The lowest BCUT2D eigenvalue weighted by molar-refractivity contribution is 0.0700. The third kappa shape index (κ3) is 3.37. The number of imidazole rings is 1. The van der Waals surface area contributed by atoms with Gasteiger partial charge < -0.3 is 24.5 Å². The van der Waals surface area contributed by atoms with E-state index in [9.17, 15) is 10.1 Å². The Morgan fingerprint density at radius 1 is 1.19 bits per heavy atom. The molecule has 188 valence electrons. The van der Waals surface area contributed by atoms with Gasteiger partial charge in [-0.25, -0.2) is 4.98 Å². The van der Waals surface area contributed by atoms with Crippen LogP contribution in [0.25, 0.3) is 33.5 Å². The van der Waals surface area contributed by atoms with E-state index in [1.807, 2.05) is 42.3 Å². The SMILES string of the molecule is COc1cc(C(=O)N2C[C@H]3CCC2[C@@H]3N)cc2nc(-c3cc4ccc(C#N)cc4n3CC3CC3)n(C)c12. The highest BCUT2D eigenvalue weighted by molar-refractivity contribution is 6.00. The molecule has 1 saturated heterocycles. The van der Waals surface area contributed by atoms with Gasteiger partial charge in [0, 0.05) is 48.7 Å². The smallest absolute Gasteiger partial charge is 0.254 e. The Labute approximate surface area is 215 Å². The molecule has 1 aliphatic heterocycles. The van der Waals surface area contributed by atoms with Crippen molar-refractivity contribution in [1.29, 1.82) is 5.26 Å². The Morgan fingerprint density at radius 3 is 2.70 bits per heavy atom. The fourth-order valence-electron chi connectivity index (χ4n) is 6.53. The van der Waals surface area contributed by atoms with Gasteiger partial charge >= 0.3 is 0 Å². The van der Waals surface area contributed by atoms with Crippen LogP contribution in [0.15, 0.2) is 36.4 Å². The van der Waals surface area contributed by atoms with Gasteiger partial charge in [-0.05, 0) is 67.9 Å². The summed E-state index contributed by atoms with van der Waals surface area (Å²) in [5.74, 6) is 2.50. The largest absolute Gasteiger partial charge is 0.494 e. The van der Waals surface area contributed by atoms with Crippen LogP contribution in [0.3, 0.4) is 0 Å². The van der Waals surface area contributed by atoms with E-state index in [2.05, 4.69) is 21.3 Å². The maximum absolute atomic E-state index is 13.6. The average molecular weight is 495 g/mol. The Hall–Kier alpha value is -3.83. The van der Waals surface area contributed by atoms with Gasteiger partial charge in [0.05, 0.1) is 30.0 Å². The molecule has 0 radical (unpaired) electrons. The molecule has 2 aromatic carbocycles. The predicted molar refractivity (Wildman–Crippen MR) is 141 cm³/mol. The molecule has 8 nitrogen and oxygen atoms in total. The molecule has 3 fully saturated rings. The van der Waals surface area contributed by atoms with Gasteiger partial charge in [-0.2, -0.15) is 5.26 Å². The number of nitriles is 1. The topological polar surface area (TPSA) is 102 Å². The first-order valence-corrected chi connectivity index (χ1v) is 13.1. The maximum Gasteiger partial charge on any atom is 0.254 e. The third-order valence-electron chi connectivity index (χ3n) is 8.72. The zero-order chi connectivity index (χ0) is 25.4. The molecule has 1 amide bonds. The summed E-state index contributed by atoms with van der Waals surface area (Å²) in [5, 5.41) is 10.6. The van der Waals surface area contributed by atoms with Crippen molar-refractivity contribution in [3.8, 4) is 23.3 Å². The van der Waals surface area contributed by atoms with Crippen LogP contribution < -0.4 is 10.5 Å². The van der Waals surface area contributed by atoms with Gasteiger partial charge in [0.15, 0.2) is 5.82 Å². The minimum absolute atomic E-state index is 0.00179. The first kappa shape index (κ1) is 22.4. The fourth-order valence-corrected chi connectivity index (χ4v) is 6.53. The molecule has 0 spiro atoms. The van der Waals surface area contributed by atoms with Gasteiger partial charge in [-0.15, -0.1) is 0 Å². The van der Waals surface area contributed by atoms with Crippen molar-refractivity contribution in [3.05, 3.63) is 47.5 Å². The number of hydrogen-bond donors (Lipinski definition) is 1. The number of piperidine rings is 1. The second kappa shape index (κ2) is 8.09. The molecule has 2 aliphatic carbocycles. The first-order chi connectivity index (χ1) is 18.0. The van der Waals surface area contributed by atoms with E-state index in [4.69, 9.17) is 15.5 Å². The number of benzene rings is 2. The summed E-state index contributed by atoms with van der Waals surface area (Å²) in [6, 6.07) is 14.2. The third-order valence-corrected chi connectivity index (χ3v) is 8.72. The lowest BCUT2D eigenvalue weighted by Gasteiger charge is -2.27. The van der Waals surface area contributed by atoms with Crippen molar-refractivity contribution in [1.82, 2.24) is 19.0 Å². The van der Waals surface area contributed by atoms with Gasteiger partial charge in [0.1, 0.15) is 11.3 Å². The summed E-state index contributed by atoms with van der Waals surface area (Å²) in [6.07, 6.45) is 4.53. The van der Waals surface area contributed by atoms with E-state index < -0.39 is 0 Å². The summed E-state index contributed by atoms with van der Waals surface area (Å²) >= 11 is 0. The van der Waals surface area contributed by atoms with Crippen LogP contribution in [-0.4, -0.2) is 50.7 Å². The normalized spacial score (nSPS) is 22.8.